The van der Waals surface area contributed by atoms with E-state index in [1.54, 1.807) is 6.92 Å². The quantitative estimate of drug-likeness (QED) is 0.804. The van der Waals surface area contributed by atoms with Crippen molar-refractivity contribution in [3.8, 4) is 0 Å². The van der Waals surface area contributed by atoms with Gasteiger partial charge in [0, 0.05) is 12.5 Å². The summed E-state index contributed by atoms with van der Waals surface area (Å²) in [7, 11) is 0. The van der Waals surface area contributed by atoms with Crippen molar-refractivity contribution in [2.24, 2.45) is 11.8 Å². The molecular weight excluding hydrogens is 218 g/mol. The zero-order valence-electron chi connectivity index (χ0n) is 11.2. The molecule has 1 unspecified atom stereocenters. The number of hydrogen-bond acceptors (Lipinski definition) is 3. The van der Waals surface area contributed by atoms with E-state index in [0.29, 0.717) is 12.5 Å². The fourth-order valence-electron chi connectivity index (χ4n) is 1.67. The molecule has 0 aromatic carbocycles. The summed E-state index contributed by atoms with van der Waals surface area (Å²) in [5.41, 5.74) is -0.494. The average Bonchev–Trinajstić information content (AvgIpc) is 2.92. The summed E-state index contributed by atoms with van der Waals surface area (Å²) in [6.07, 6.45) is 2.89. The third-order valence-corrected chi connectivity index (χ3v) is 2.78. The number of carbonyl (C=O) groups is 2. The number of ether oxygens (including phenoxy) is 1. The number of rotatable bonds is 5. The largest absolute Gasteiger partial charge is 0.444 e. The van der Waals surface area contributed by atoms with Gasteiger partial charge in [0.1, 0.15) is 11.4 Å². The first-order valence-electron chi connectivity index (χ1n) is 6.25. The summed E-state index contributed by atoms with van der Waals surface area (Å²) in [6.45, 7) is 7.43. The summed E-state index contributed by atoms with van der Waals surface area (Å²) in [5, 5.41) is 2.67. The van der Waals surface area contributed by atoms with Crippen LogP contribution in [0.4, 0.5) is 4.79 Å². The summed E-state index contributed by atoms with van der Waals surface area (Å²) >= 11 is 0. The molecule has 1 atom stereocenters. The SMILES string of the molecule is CC(=O)C(CNC(=O)OC(C)(C)C)CC1CC1. The Morgan fingerprint density at radius 1 is 1.35 bits per heavy atom. The molecule has 17 heavy (non-hydrogen) atoms. The van der Waals surface area contributed by atoms with Crippen LogP contribution in [-0.4, -0.2) is 24.0 Å². The van der Waals surface area contributed by atoms with Gasteiger partial charge in [-0.2, -0.15) is 0 Å². The normalized spacial score (nSPS) is 17.4. The van der Waals surface area contributed by atoms with E-state index in [2.05, 4.69) is 5.32 Å². The Kier molecular flexibility index (Phi) is 4.54. The van der Waals surface area contributed by atoms with Crippen molar-refractivity contribution in [1.29, 1.82) is 0 Å². The van der Waals surface area contributed by atoms with Crippen molar-refractivity contribution in [3.63, 3.8) is 0 Å². The Morgan fingerprint density at radius 2 is 1.94 bits per heavy atom. The highest BCUT2D eigenvalue weighted by Crippen LogP contribution is 2.35. The van der Waals surface area contributed by atoms with Gasteiger partial charge in [-0.25, -0.2) is 4.79 Å². The lowest BCUT2D eigenvalue weighted by atomic mass is 9.98. The minimum absolute atomic E-state index is 0.0602. The number of hydrogen-bond donors (Lipinski definition) is 1. The van der Waals surface area contributed by atoms with Crippen molar-refractivity contribution in [2.75, 3.05) is 6.54 Å². The predicted molar refractivity (Wildman–Crippen MR) is 65.7 cm³/mol. The van der Waals surface area contributed by atoms with Gasteiger partial charge >= 0.3 is 6.09 Å². The molecule has 0 radical (unpaired) electrons. The van der Waals surface area contributed by atoms with E-state index in [0.717, 1.165) is 6.42 Å². The van der Waals surface area contributed by atoms with Crippen LogP contribution in [-0.2, 0) is 9.53 Å². The average molecular weight is 241 g/mol. The number of ketones is 1. The molecule has 1 rings (SSSR count). The first-order valence-corrected chi connectivity index (χ1v) is 6.25. The molecule has 4 heteroatoms. The van der Waals surface area contributed by atoms with E-state index < -0.39 is 11.7 Å². The molecule has 0 aromatic heterocycles. The highest BCUT2D eigenvalue weighted by atomic mass is 16.6. The van der Waals surface area contributed by atoms with Gasteiger partial charge in [-0.3, -0.25) is 4.79 Å². The number of carbonyl (C=O) groups excluding carboxylic acids is 2. The number of nitrogens with one attached hydrogen (secondary N) is 1. The Hall–Kier alpha value is -1.06. The van der Waals surface area contributed by atoms with Crippen LogP contribution in [0.25, 0.3) is 0 Å². The van der Waals surface area contributed by atoms with Crippen molar-refractivity contribution < 1.29 is 14.3 Å². The van der Waals surface area contributed by atoms with Crippen LogP contribution in [0.15, 0.2) is 0 Å². The molecule has 0 spiro atoms. The molecule has 0 aromatic rings. The van der Waals surface area contributed by atoms with E-state index in [1.165, 1.54) is 12.8 Å². The predicted octanol–water partition coefficient (Wildman–Crippen LogP) is 2.52. The molecule has 1 amide bonds. The van der Waals surface area contributed by atoms with Crippen LogP contribution >= 0.6 is 0 Å². The fourth-order valence-corrected chi connectivity index (χ4v) is 1.67. The highest BCUT2D eigenvalue weighted by Gasteiger charge is 2.28. The molecular formula is C13H23NO3. The van der Waals surface area contributed by atoms with Crippen molar-refractivity contribution in [3.05, 3.63) is 0 Å². The Balaban J connectivity index is 2.30. The monoisotopic (exact) mass is 241 g/mol. The Morgan fingerprint density at radius 3 is 2.35 bits per heavy atom. The summed E-state index contributed by atoms with van der Waals surface area (Å²) < 4.78 is 5.13. The van der Waals surface area contributed by atoms with Gasteiger partial charge in [0.25, 0.3) is 0 Å². The minimum atomic E-state index is -0.494. The maximum atomic E-state index is 11.4. The molecule has 0 saturated heterocycles. The Bertz CT molecular complexity index is 290. The van der Waals surface area contributed by atoms with Gasteiger partial charge in [0.15, 0.2) is 0 Å². The molecule has 1 saturated carbocycles. The van der Waals surface area contributed by atoms with Gasteiger partial charge in [-0.05, 0) is 40.0 Å². The standard InChI is InChI=1S/C13H23NO3/c1-9(15)11(7-10-5-6-10)8-14-12(16)17-13(2,3)4/h10-11H,5-8H2,1-4H3,(H,14,16). The third kappa shape index (κ3) is 6.29. The van der Waals surface area contributed by atoms with Crippen LogP contribution < -0.4 is 5.32 Å². The van der Waals surface area contributed by atoms with E-state index in [9.17, 15) is 9.59 Å². The number of amides is 1. The van der Waals surface area contributed by atoms with E-state index >= 15 is 0 Å². The lowest BCUT2D eigenvalue weighted by Gasteiger charge is -2.21. The lowest BCUT2D eigenvalue weighted by molar-refractivity contribution is -0.120. The smallest absolute Gasteiger partial charge is 0.407 e. The first-order chi connectivity index (χ1) is 7.78. The van der Waals surface area contributed by atoms with Crippen molar-refractivity contribution >= 4 is 11.9 Å². The topological polar surface area (TPSA) is 55.4 Å². The highest BCUT2D eigenvalue weighted by molar-refractivity contribution is 5.79. The molecule has 4 nitrogen and oxygen atoms in total. The zero-order chi connectivity index (χ0) is 13.1. The van der Waals surface area contributed by atoms with Gasteiger partial charge in [-0.1, -0.05) is 12.8 Å². The van der Waals surface area contributed by atoms with Crippen LogP contribution in [0, 0.1) is 11.8 Å². The fraction of sp³-hybridized carbons (Fsp3) is 0.846. The van der Waals surface area contributed by atoms with Crippen LogP contribution in [0.2, 0.25) is 0 Å². The minimum Gasteiger partial charge on any atom is -0.444 e. The lowest BCUT2D eigenvalue weighted by Crippen LogP contribution is -2.36. The molecule has 0 bridgehead atoms. The maximum Gasteiger partial charge on any atom is 0.407 e. The second kappa shape index (κ2) is 5.52. The van der Waals surface area contributed by atoms with Crippen LogP contribution in [0.5, 0.6) is 0 Å². The van der Waals surface area contributed by atoms with Gasteiger partial charge in [0.05, 0.1) is 0 Å². The number of alkyl carbamates (subject to hydrolysis) is 1. The van der Waals surface area contributed by atoms with Gasteiger partial charge in [-0.15, -0.1) is 0 Å². The van der Waals surface area contributed by atoms with Gasteiger partial charge < -0.3 is 10.1 Å². The van der Waals surface area contributed by atoms with E-state index in [1.807, 2.05) is 20.8 Å². The maximum absolute atomic E-state index is 11.4. The Labute approximate surface area is 103 Å². The summed E-state index contributed by atoms with van der Waals surface area (Å²) in [4.78, 5) is 22.9. The molecule has 0 aliphatic heterocycles. The second-order valence-corrected chi connectivity index (χ2v) is 5.87. The molecule has 0 heterocycles. The van der Waals surface area contributed by atoms with Crippen molar-refractivity contribution in [2.45, 2.75) is 52.6 Å². The first kappa shape index (κ1) is 14.0. The summed E-state index contributed by atoms with van der Waals surface area (Å²) in [5.74, 6) is 0.771. The van der Waals surface area contributed by atoms with Crippen LogP contribution in [0.3, 0.4) is 0 Å². The van der Waals surface area contributed by atoms with E-state index in [-0.39, 0.29) is 11.7 Å². The molecule has 98 valence electrons. The molecule has 1 fully saturated rings. The molecule has 1 aliphatic carbocycles. The molecule has 1 N–H and O–H groups in total. The zero-order valence-corrected chi connectivity index (χ0v) is 11.2. The second-order valence-electron chi connectivity index (χ2n) is 5.87. The van der Waals surface area contributed by atoms with Gasteiger partial charge in [0.2, 0.25) is 0 Å². The van der Waals surface area contributed by atoms with Crippen molar-refractivity contribution in [1.82, 2.24) is 5.32 Å². The van der Waals surface area contributed by atoms with E-state index in [4.69, 9.17) is 4.74 Å². The number of Topliss-reactive ketones (excluding diaryl/α,β-unsaturated/α-hetero) is 1. The van der Waals surface area contributed by atoms with Crippen LogP contribution in [0.1, 0.15) is 47.0 Å². The third-order valence-electron chi connectivity index (χ3n) is 2.78. The molecule has 1 aliphatic rings. The summed E-state index contributed by atoms with van der Waals surface area (Å²) in [6, 6.07) is 0.